The first kappa shape index (κ1) is 23.1. The van der Waals surface area contributed by atoms with E-state index < -0.39 is 6.17 Å². The monoisotopic (exact) mass is 581 g/mol. The van der Waals surface area contributed by atoms with E-state index >= 15 is 0 Å². The van der Waals surface area contributed by atoms with E-state index in [-0.39, 0.29) is 11.3 Å². The number of anilines is 1. The highest BCUT2D eigenvalue weighted by Gasteiger charge is 2.38. The molecule has 10 heteroatoms. The van der Waals surface area contributed by atoms with Crippen LogP contribution in [0, 0.1) is 0 Å². The van der Waals surface area contributed by atoms with Gasteiger partial charge in [0.15, 0.2) is 11.5 Å². The quantitative estimate of drug-likeness (QED) is 0.201. The molecule has 2 heterocycles. The summed E-state index contributed by atoms with van der Waals surface area (Å²) in [5, 5.41) is 19.2. The Labute approximate surface area is 206 Å². The summed E-state index contributed by atoms with van der Waals surface area (Å²) in [7, 11) is 0. The van der Waals surface area contributed by atoms with Crippen molar-refractivity contribution in [3.05, 3.63) is 55.2 Å². The number of ether oxygens (including phenoxy) is 1. The number of thioether (sulfide) groups is 1. The van der Waals surface area contributed by atoms with Crippen LogP contribution in [0.1, 0.15) is 38.4 Å². The number of unbranched alkanes of at least 4 members (excludes halogenated alkanes) is 1. The van der Waals surface area contributed by atoms with Crippen molar-refractivity contribution in [2.24, 2.45) is 0 Å². The average Bonchev–Trinajstić information content (AvgIpc) is 2.76. The summed E-state index contributed by atoms with van der Waals surface area (Å²) in [5.74, 6) is 1.28. The van der Waals surface area contributed by atoms with Gasteiger partial charge in [-0.05, 0) is 64.3 Å². The highest BCUT2D eigenvalue weighted by molar-refractivity contribution is 9.10. The maximum absolute atomic E-state index is 13.2. The summed E-state index contributed by atoms with van der Waals surface area (Å²) in [4.78, 5) is 16.1. The van der Waals surface area contributed by atoms with E-state index in [2.05, 4.69) is 49.1 Å². The minimum atomic E-state index is -0.470. The Balaban J connectivity index is 1.89. The molecule has 0 saturated carbocycles. The van der Waals surface area contributed by atoms with Crippen LogP contribution in [0.15, 0.2) is 49.2 Å². The van der Waals surface area contributed by atoms with Crippen molar-refractivity contribution in [2.75, 3.05) is 17.7 Å². The number of hydrogen-bond donors (Lipinski definition) is 3. The maximum atomic E-state index is 13.2. The maximum Gasteiger partial charge on any atom is 0.325 e. The van der Waals surface area contributed by atoms with Gasteiger partial charge in [0, 0.05) is 20.9 Å². The SMILES string of the molecule is CCCCSc1n[n+]2c(c(=O)[nH]1)-c1cc(Br)ccc1N[C@@H]2c1cc(Br)c(O)c(OCC)c1. The number of nitrogens with zero attached hydrogens (tertiary/aromatic N) is 2. The summed E-state index contributed by atoms with van der Waals surface area (Å²) in [6.45, 7) is 4.40. The fourth-order valence-electron chi connectivity index (χ4n) is 3.53. The Kier molecular flexibility index (Phi) is 7.11. The number of nitrogens with one attached hydrogen (secondary N) is 2. The van der Waals surface area contributed by atoms with Crippen molar-refractivity contribution in [1.82, 2.24) is 10.1 Å². The number of aromatic nitrogens is 3. The van der Waals surface area contributed by atoms with Crippen molar-refractivity contribution in [2.45, 2.75) is 38.0 Å². The van der Waals surface area contributed by atoms with E-state index in [1.54, 1.807) is 10.7 Å². The number of H-pyrrole nitrogens is 1. The van der Waals surface area contributed by atoms with E-state index in [9.17, 15) is 9.90 Å². The summed E-state index contributed by atoms with van der Waals surface area (Å²) >= 11 is 8.46. The van der Waals surface area contributed by atoms with Gasteiger partial charge in [0.2, 0.25) is 5.16 Å². The predicted octanol–water partition coefficient (Wildman–Crippen LogP) is 5.22. The van der Waals surface area contributed by atoms with Crippen LogP contribution < -0.4 is 20.3 Å². The second kappa shape index (κ2) is 9.84. The lowest BCUT2D eigenvalue weighted by Crippen LogP contribution is -2.55. The van der Waals surface area contributed by atoms with Crippen LogP contribution in [0.25, 0.3) is 11.3 Å². The van der Waals surface area contributed by atoms with Gasteiger partial charge < -0.3 is 15.2 Å². The molecule has 1 aliphatic heterocycles. The Morgan fingerprint density at radius 3 is 2.81 bits per heavy atom. The molecule has 3 N–H and O–H groups in total. The Morgan fingerprint density at radius 1 is 1.25 bits per heavy atom. The van der Waals surface area contributed by atoms with Crippen LogP contribution in [-0.2, 0) is 0 Å². The molecule has 1 aromatic heterocycles. The third-order valence-corrected chi connectivity index (χ3v) is 7.09. The number of aromatic amines is 1. The van der Waals surface area contributed by atoms with Gasteiger partial charge in [-0.2, -0.15) is 0 Å². The molecule has 7 nitrogen and oxygen atoms in total. The fraction of sp³-hybridized carbons (Fsp3) is 0.318. The fourth-order valence-corrected chi connectivity index (χ4v) is 5.29. The molecule has 2 aromatic carbocycles. The number of halogens is 2. The number of fused-ring (bicyclic) bond motifs is 3. The van der Waals surface area contributed by atoms with Crippen LogP contribution in [0.5, 0.6) is 11.5 Å². The molecule has 168 valence electrons. The molecule has 0 unspecified atom stereocenters. The number of phenolic OH excluding ortho intramolecular Hbond substituents is 1. The first-order valence-corrected chi connectivity index (χ1v) is 12.9. The molecule has 0 aliphatic carbocycles. The van der Waals surface area contributed by atoms with Crippen molar-refractivity contribution in [1.29, 1.82) is 0 Å². The number of aromatic hydroxyl groups is 1. The zero-order chi connectivity index (χ0) is 22.8. The molecule has 0 bridgehead atoms. The number of benzene rings is 2. The van der Waals surface area contributed by atoms with Crippen molar-refractivity contribution >= 4 is 49.3 Å². The van der Waals surface area contributed by atoms with E-state index in [0.717, 1.165) is 39.9 Å². The number of phenols is 1. The molecule has 1 atom stereocenters. The van der Waals surface area contributed by atoms with Gasteiger partial charge in [0.05, 0.1) is 22.3 Å². The Bertz CT molecular complexity index is 1220. The second-order valence-electron chi connectivity index (χ2n) is 7.27. The first-order chi connectivity index (χ1) is 15.4. The Hall–Kier alpha value is -2.04. The van der Waals surface area contributed by atoms with Gasteiger partial charge in [0.25, 0.3) is 6.17 Å². The minimum absolute atomic E-state index is 0.0376. The first-order valence-electron chi connectivity index (χ1n) is 10.3. The Morgan fingerprint density at radius 2 is 2.06 bits per heavy atom. The minimum Gasteiger partial charge on any atom is -0.503 e. The molecular weight excluding hydrogens is 560 g/mol. The van der Waals surface area contributed by atoms with Gasteiger partial charge in [-0.3, -0.25) is 9.78 Å². The molecule has 1 aliphatic rings. The molecule has 0 fully saturated rings. The lowest BCUT2D eigenvalue weighted by Gasteiger charge is -2.23. The molecular formula is C22H23Br2N4O3S+. The zero-order valence-corrected chi connectivity index (χ0v) is 21.6. The number of rotatable bonds is 7. The normalized spacial score (nSPS) is 14.4. The van der Waals surface area contributed by atoms with Crippen LogP contribution in [0.3, 0.4) is 0 Å². The molecule has 0 saturated heterocycles. The van der Waals surface area contributed by atoms with Crippen molar-refractivity contribution in [3.63, 3.8) is 0 Å². The third kappa shape index (κ3) is 4.53. The van der Waals surface area contributed by atoms with Gasteiger partial charge in [-0.1, -0.05) is 41.0 Å². The highest BCUT2D eigenvalue weighted by Crippen LogP contribution is 2.39. The molecule has 3 aromatic rings. The van der Waals surface area contributed by atoms with Gasteiger partial charge in [-0.25, -0.2) is 0 Å². The van der Waals surface area contributed by atoms with E-state index in [0.29, 0.717) is 27.7 Å². The topological polar surface area (TPSA) is 91.1 Å². The van der Waals surface area contributed by atoms with E-state index in [1.165, 1.54) is 11.8 Å². The standard InChI is InChI=1S/C22H22Br2N4O3S/c1-3-5-8-32-22-26-21(30)18-14-11-13(23)6-7-16(14)25-20(28(18)27-22)12-9-15(24)19(29)17(10-12)31-4-2/h6-7,9-11,20H,3-5,8H2,1-2H3,(H2,26,27,29,30)/p+1/t20-/m0/s1. The summed E-state index contributed by atoms with van der Waals surface area (Å²) in [5.41, 5.74) is 2.64. The van der Waals surface area contributed by atoms with Crippen LogP contribution in [0.4, 0.5) is 5.69 Å². The third-order valence-electron chi connectivity index (χ3n) is 5.04. The highest BCUT2D eigenvalue weighted by atomic mass is 79.9. The van der Waals surface area contributed by atoms with Gasteiger partial charge in [-0.15, -0.1) is 0 Å². The molecule has 32 heavy (non-hydrogen) atoms. The summed E-state index contributed by atoms with van der Waals surface area (Å²) < 4.78 is 8.71. The summed E-state index contributed by atoms with van der Waals surface area (Å²) in [6, 6.07) is 9.34. The van der Waals surface area contributed by atoms with Crippen LogP contribution in [0.2, 0.25) is 0 Å². The largest absolute Gasteiger partial charge is 0.503 e. The van der Waals surface area contributed by atoms with E-state index in [1.807, 2.05) is 31.2 Å². The lowest BCUT2D eigenvalue weighted by molar-refractivity contribution is -0.759. The van der Waals surface area contributed by atoms with Crippen LogP contribution in [-0.4, -0.2) is 27.5 Å². The predicted molar refractivity (Wildman–Crippen MR) is 133 cm³/mol. The van der Waals surface area contributed by atoms with E-state index in [4.69, 9.17) is 9.84 Å². The molecule has 0 spiro atoms. The lowest BCUT2D eigenvalue weighted by atomic mass is 10.0. The van der Waals surface area contributed by atoms with Gasteiger partial charge in [0.1, 0.15) is 0 Å². The second-order valence-corrected chi connectivity index (χ2v) is 10.1. The zero-order valence-electron chi connectivity index (χ0n) is 17.6. The van der Waals surface area contributed by atoms with Crippen molar-refractivity contribution < 1.29 is 14.5 Å². The smallest absolute Gasteiger partial charge is 0.325 e. The molecule has 4 rings (SSSR count). The average molecular weight is 583 g/mol. The van der Waals surface area contributed by atoms with Crippen LogP contribution >= 0.6 is 43.6 Å². The summed E-state index contributed by atoms with van der Waals surface area (Å²) in [6.07, 6.45) is 1.64. The van der Waals surface area contributed by atoms with Gasteiger partial charge >= 0.3 is 11.3 Å². The molecule has 0 radical (unpaired) electrons. The van der Waals surface area contributed by atoms with Crippen molar-refractivity contribution in [3.8, 4) is 22.8 Å². The number of hydrogen-bond acceptors (Lipinski definition) is 6. The molecule has 0 amide bonds.